The molecule has 31 heavy (non-hydrogen) atoms. The van der Waals surface area contributed by atoms with Crippen molar-refractivity contribution in [1.29, 1.82) is 0 Å². The molecule has 3 rings (SSSR count). The van der Waals surface area contributed by atoms with Crippen molar-refractivity contribution in [1.82, 2.24) is 10.6 Å². The van der Waals surface area contributed by atoms with Gasteiger partial charge in [0.05, 0.1) is 19.8 Å². The highest BCUT2D eigenvalue weighted by Crippen LogP contribution is 2.27. The van der Waals surface area contributed by atoms with E-state index in [2.05, 4.69) is 10.6 Å². The smallest absolute Gasteiger partial charge is 0.251 e. The monoisotopic (exact) mass is 434 g/mol. The van der Waals surface area contributed by atoms with E-state index in [1.165, 1.54) is 30.3 Å². The summed E-state index contributed by atoms with van der Waals surface area (Å²) >= 11 is 0. The Morgan fingerprint density at radius 1 is 1.06 bits per heavy atom. The van der Waals surface area contributed by atoms with Crippen molar-refractivity contribution in [2.45, 2.75) is 12.5 Å². The third-order valence-electron chi connectivity index (χ3n) is 4.81. The van der Waals surface area contributed by atoms with Crippen LogP contribution in [0.3, 0.4) is 0 Å². The number of carbonyl (C=O) groups is 2. The highest BCUT2D eigenvalue weighted by Gasteiger charge is 2.24. The Bertz CT molecular complexity index is 915. The van der Waals surface area contributed by atoms with Crippen LogP contribution >= 0.6 is 0 Å². The molecular formula is C22H24F2N2O5. The molecule has 1 atom stereocenters. The van der Waals surface area contributed by atoms with E-state index >= 15 is 0 Å². The number of ether oxygens (including phenoxy) is 2. The van der Waals surface area contributed by atoms with Crippen molar-refractivity contribution in [3.8, 4) is 5.75 Å². The SMILES string of the molecule is O=C(N[C@H]1CCNC1)c1ccc(C(=O)c2c(OCCOCCO)ccc(F)c2F)cc1. The average Bonchev–Trinajstić information content (AvgIpc) is 3.29. The normalized spacial score (nSPS) is 15.6. The van der Waals surface area contributed by atoms with Gasteiger partial charge in [-0.3, -0.25) is 9.59 Å². The molecule has 1 saturated heterocycles. The molecule has 7 nitrogen and oxygen atoms in total. The van der Waals surface area contributed by atoms with Gasteiger partial charge in [-0.2, -0.15) is 0 Å². The molecule has 0 radical (unpaired) electrons. The largest absolute Gasteiger partial charge is 0.490 e. The zero-order valence-electron chi connectivity index (χ0n) is 16.8. The number of aliphatic hydroxyl groups excluding tert-OH is 1. The predicted octanol–water partition coefficient (Wildman–Crippen LogP) is 1.68. The Morgan fingerprint density at radius 2 is 1.81 bits per heavy atom. The van der Waals surface area contributed by atoms with Gasteiger partial charge < -0.3 is 25.2 Å². The Hall–Kier alpha value is -2.88. The number of amides is 1. The summed E-state index contributed by atoms with van der Waals surface area (Å²) < 4.78 is 38.7. The molecule has 1 fully saturated rings. The maximum absolute atomic E-state index is 14.5. The molecule has 1 aliphatic rings. The summed E-state index contributed by atoms with van der Waals surface area (Å²) in [6, 6.07) is 7.81. The van der Waals surface area contributed by atoms with Gasteiger partial charge in [0.25, 0.3) is 5.91 Å². The van der Waals surface area contributed by atoms with Gasteiger partial charge in [-0.1, -0.05) is 12.1 Å². The van der Waals surface area contributed by atoms with Crippen LogP contribution in [0.5, 0.6) is 5.75 Å². The molecule has 9 heteroatoms. The van der Waals surface area contributed by atoms with E-state index in [1.54, 1.807) is 0 Å². The van der Waals surface area contributed by atoms with Crippen molar-refractivity contribution in [3.63, 3.8) is 0 Å². The first-order valence-corrected chi connectivity index (χ1v) is 9.97. The number of aliphatic hydroxyl groups is 1. The second kappa shape index (κ2) is 10.9. The first kappa shape index (κ1) is 22.8. The molecule has 0 aromatic heterocycles. The summed E-state index contributed by atoms with van der Waals surface area (Å²) in [7, 11) is 0. The molecule has 166 valence electrons. The van der Waals surface area contributed by atoms with Gasteiger partial charge in [0.2, 0.25) is 0 Å². The molecule has 0 bridgehead atoms. The third kappa shape index (κ3) is 5.84. The number of benzene rings is 2. The molecule has 0 aliphatic carbocycles. The van der Waals surface area contributed by atoms with Crippen LogP contribution in [0.4, 0.5) is 8.78 Å². The van der Waals surface area contributed by atoms with Crippen LogP contribution in [-0.2, 0) is 4.74 Å². The van der Waals surface area contributed by atoms with E-state index in [0.717, 1.165) is 19.0 Å². The maximum atomic E-state index is 14.5. The zero-order chi connectivity index (χ0) is 22.2. The van der Waals surface area contributed by atoms with E-state index in [0.29, 0.717) is 12.1 Å². The lowest BCUT2D eigenvalue weighted by molar-refractivity contribution is 0.0700. The lowest BCUT2D eigenvalue weighted by Crippen LogP contribution is -2.36. The maximum Gasteiger partial charge on any atom is 0.251 e. The minimum absolute atomic E-state index is 0.0134. The van der Waals surface area contributed by atoms with E-state index in [4.69, 9.17) is 14.6 Å². The summed E-state index contributed by atoms with van der Waals surface area (Å²) in [5.41, 5.74) is -0.0815. The molecule has 1 aliphatic heterocycles. The number of hydrogen-bond donors (Lipinski definition) is 3. The fraction of sp³-hybridized carbons (Fsp3) is 0.364. The van der Waals surface area contributed by atoms with Crippen LogP contribution in [0.1, 0.15) is 32.7 Å². The van der Waals surface area contributed by atoms with Gasteiger partial charge >= 0.3 is 0 Å². The first-order valence-electron chi connectivity index (χ1n) is 9.97. The first-order chi connectivity index (χ1) is 15.0. The summed E-state index contributed by atoms with van der Waals surface area (Å²) in [6.45, 7) is 1.60. The summed E-state index contributed by atoms with van der Waals surface area (Å²) in [5, 5.41) is 14.7. The number of hydrogen-bond acceptors (Lipinski definition) is 6. The zero-order valence-corrected chi connectivity index (χ0v) is 16.8. The Morgan fingerprint density at radius 3 is 2.48 bits per heavy atom. The summed E-state index contributed by atoms with van der Waals surface area (Å²) in [4.78, 5) is 25.2. The quantitative estimate of drug-likeness (QED) is 0.389. The van der Waals surface area contributed by atoms with Crippen molar-refractivity contribution < 1.29 is 33.0 Å². The van der Waals surface area contributed by atoms with Crippen LogP contribution in [0, 0.1) is 11.6 Å². The topological polar surface area (TPSA) is 96.9 Å². The highest BCUT2D eigenvalue weighted by atomic mass is 19.2. The average molecular weight is 434 g/mol. The van der Waals surface area contributed by atoms with E-state index in [1.807, 2.05) is 0 Å². The fourth-order valence-corrected chi connectivity index (χ4v) is 3.21. The van der Waals surface area contributed by atoms with Gasteiger partial charge in [-0.25, -0.2) is 8.78 Å². The Labute approximate surface area is 178 Å². The van der Waals surface area contributed by atoms with E-state index in [-0.39, 0.29) is 49.7 Å². The van der Waals surface area contributed by atoms with Crippen LogP contribution < -0.4 is 15.4 Å². The van der Waals surface area contributed by atoms with Crippen LogP contribution in [0.15, 0.2) is 36.4 Å². The third-order valence-corrected chi connectivity index (χ3v) is 4.81. The van der Waals surface area contributed by atoms with Crippen molar-refractivity contribution in [2.75, 3.05) is 39.5 Å². The van der Waals surface area contributed by atoms with Gasteiger partial charge in [0.1, 0.15) is 17.9 Å². The van der Waals surface area contributed by atoms with Crippen LogP contribution in [0.25, 0.3) is 0 Å². The second-order valence-corrected chi connectivity index (χ2v) is 6.99. The Kier molecular flexibility index (Phi) is 8.05. The van der Waals surface area contributed by atoms with Crippen molar-refractivity contribution in [3.05, 3.63) is 64.7 Å². The van der Waals surface area contributed by atoms with E-state index in [9.17, 15) is 18.4 Å². The molecular weight excluding hydrogens is 410 g/mol. The number of halogens is 2. The second-order valence-electron chi connectivity index (χ2n) is 6.99. The number of nitrogens with one attached hydrogen (secondary N) is 2. The molecule has 0 saturated carbocycles. The molecule has 0 spiro atoms. The lowest BCUT2D eigenvalue weighted by atomic mass is 10.00. The Balaban J connectivity index is 1.73. The summed E-state index contributed by atoms with van der Waals surface area (Å²) in [5.74, 6) is -3.64. The van der Waals surface area contributed by atoms with Crippen molar-refractivity contribution >= 4 is 11.7 Å². The number of ketones is 1. The molecule has 0 unspecified atom stereocenters. The number of carbonyl (C=O) groups excluding carboxylic acids is 2. The van der Waals surface area contributed by atoms with Crippen LogP contribution in [0.2, 0.25) is 0 Å². The summed E-state index contributed by atoms with van der Waals surface area (Å²) in [6.07, 6.45) is 0.842. The van der Waals surface area contributed by atoms with Crippen LogP contribution in [-0.4, -0.2) is 62.4 Å². The van der Waals surface area contributed by atoms with E-state index < -0.39 is 23.0 Å². The molecule has 1 amide bonds. The standard InChI is InChI=1S/C22H24F2N2O5/c23-17-5-6-18(31-12-11-30-10-9-27)19(20(17)24)21(28)14-1-3-15(4-2-14)22(29)26-16-7-8-25-13-16/h1-6,16,25,27H,7-13H2,(H,26,29)/t16-/m0/s1. The lowest BCUT2D eigenvalue weighted by Gasteiger charge is -2.13. The fourth-order valence-electron chi connectivity index (χ4n) is 3.21. The predicted molar refractivity (Wildman–Crippen MR) is 108 cm³/mol. The van der Waals surface area contributed by atoms with Gasteiger partial charge in [-0.05, 0) is 37.2 Å². The highest BCUT2D eigenvalue weighted by molar-refractivity contribution is 6.11. The molecule has 3 N–H and O–H groups in total. The molecule has 1 heterocycles. The van der Waals surface area contributed by atoms with Gasteiger partial charge in [-0.15, -0.1) is 0 Å². The minimum atomic E-state index is -1.31. The molecule has 2 aromatic carbocycles. The number of rotatable bonds is 10. The molecule has 2 aromatic rings. The van der Waals surface area contributed by atoms with Gasteiger partial charge in [0, 0.05) is 23.7 Å². The minimum Gasteiger partial charge on any atom is -0.490 e. The van der Waals surface area contributed by atoms with Gasteiger partial charge in [0.15, 0.2) is 17.4 Å². The van der Waals surface area contributed by atoms with Crippen molar-refractivity contribution in [2.24, 2.45) is 0 Å².